The number of hydrogen-bond acceptors (Lipinski definition) is 4. The van der Waals surface area contributed by atoms with Crippen LogP contribution < -0.4 is 20.7 Å². The van der Waals surface area contributed by atoms with Crippen LogP contribution in [-0.4, -0.2) is 51.0 Å². The van der Waals surface area contributed by atoms with E-state index in [9.17, 15) is 0 Å². The third-order valence-corrected chi connectivity index (χ3v) is 4.55. The molecule has 166 valence electrons. The SMILES string of the molecule is CCNC(=NCc1ccc(C)cc1OCC1CCOC1)NCCNC(C)(C)C.I. The average Bonchev–Trinajstić information content (AvgIpc) is 3.15. The van der Waals surface area contributed by atoms with Crippen LogP contribution in [0.3, 0.4) is 0 Å². The van der Waals surface area contributed by atoms with Gasteiger partial charge in [-0.3, -0.25) is 0 Å². The minimum absolute atomic E-state index is 0. The summed E-state index contributed by atoms with van der Waals surface area (Å²) in [6.07, 6.45) is 1.08. The van der Waals surface area contributed by atoms with Gasteiger partial charge in [-0.05, 0) is 52.7 Å². The zero-order valence-corrected chi connectivity index (χ0v) is 21.0. The standard InChI is InChI=1S/C22H38N4O2.HI/c1-6-23-21(24-10-11-26-22(3,4)5)25-14-19-8-7-17(2)13-20(19)28-16-18-9-12-27-15-18;/h7-8,13,18,26H,6,9-12,14-16H2,1-5H3,(H2,23,24,25);1H. The number of aliphatic imine (C=N–C) groups is 1. The van der Waals surface area contributed by atoms with Crippen molar-refractivity contribution in [3.05, 3.63) is 29.3 Å². The summed E-state index contributed by atoms with van der Waals surface area (Å²) in [6, 6.07) is 6.34. The number of benzene rings is 1. The van der Waals surface area contributed by atoms with Gasteiger partial charge < -0.3 is 25.4 Å². The van der Waals surface area contributed by atoms with E-state index >= 15 is 0 Å². The lowest BCUT2D eigenvalue weighted by atomic mass is 10.1. The summed E-state index contributed by atoms with van der Waals surface area (Å²) in [7, 11) is 0. The van der Waals surface area contributed by atoms with Crippen LogP contribution in [0.4, 0.5) is 0 Å². The van der Waals surface area contributed by atoms with Crippen molar-refractivity contribution >= 4 is 29.9 Å². The molecule has 1 heterocycles. The highest BCUT2D eigenvalue weighted by Gasteiger charge is 2.17. The average molecular weight is 518 g/mol. The third kappa shape index (κ3) is 10.5. The Morgan fingerprint density at radius 2 is 2.03 bits per heavy atom. The Bertz CT molecular complexity index is 626. The molecule has 0 radical (unpaired) electrons. The molecular weight excluding hydrogens is 479 g/mol. The van der Waals surface area contributed by atoms with E-state index in [1.165, 1.54) is 5.56 Å². The Labute approximate surface area is 193 Å². The van der Waals surface area contributed by atoms with E-state index < -0.39 is 0 Å². The van der Waals surface area contributed by atoms with Crippen molar-refractivity contribution in [3.63, 3.8) is 0 Å². The lowest BCUT2D eigenvalue weighted by Crippen LogP contribution is -2.44. The molecule has 1 aromatic rings. The molecule has 0 spiro atoms. The van der Waals surface area contributed by atoms with Gasteiger partial charge in [-0.2, -0.15) is 0 Å². The molecule has 6 nitrogen and oxygen atoms in total. The minimum atomic E-state index is 0. The number of nitrogens with one attached hydrogen (secondary N) is 3. The highest BCUT2D eigenvalue weighted by Crippen LogP contribution is 2.23. The molecule has 1 fully saturated rings. The van der Waals surface area contributed by atoms with Crippen molar-refractivity contribution in [2.75, 3.05) is 39.5 Å². The summed E-state index contributed by atoms with van der Waals surface area (Å²) in [4.78, 5) is 4.75. The highest BCUT2D eigenvalue weighted by atomic mass is 127. The number of halogens is 1. The van der Waals surface area contributed by atoms with Gasteiger partial charge in [-0.1, -0.05) is 12.1 Å². The predicted octanol–water partition coefficient (Wildman–Crippen LogP) is 3.47. The number of guanidine groups is 1. The van der Waals surface area contributed by atoms with Gasteiger partial charge in [0.15, 0.2) is 5.96 Å². The Kier molecular flexibility index (Phi) is 11.9. The summed E-state index contributed by atoms with van der Waals surface area (Å²) in [6.45, 7) is 16.2. The fraction of sp³-hybridized carbons (Fsp3) is 0.682. The Balaban J connectivity index is 0.00000420. The van der Waals surface area contributed by atoms with Gasteiger partial charge in [-0.25, -0.2) is 4.99 Å². The zero-order chi connectivity index (χ0) is 20.4. The summed E-state index contributed by atoms with van der Waals surface area (Å²) in [5.41, 5.74) is 2.42. The fourth-order valence-electron chi connectivity index (χ4n) is 2.97. The number of ether oxygens (including phenoxy) is 2. The van der Waals surface area contributed by atoms with Gasteiger partial charge in [0.05, 0.1) is 19.8 Å². The maximum absolute atomic E-state index is 6.13. The molecule has 1 saturated heterocycles. The second-order valence-electron chi connectivity index (χ2n) is 8.45. The molecule has 0 aromatic heterocycles. The van der Waals surface area contributed by atoms with Crippen LogP contribution in [0.1, 0.15) is 45.2 Å². The van der Waals surface area contributed by atoms with Gasteiger partial charge in [0.1, 0.15) is 5.75 Å². The number of nitrogens with zero attached hydrogens (tertiary/aromatic N) is 1. The molecule has 2 rings (SSSR count). The van der Waals surface area contributed by atoms with Crippen LogP contribution in [0.25, 0.3) is 0 Å². The van der Waals surface area contributed by atoms with Crippen LogP contribution in [-0.2, 0) is 11.3 Å². The smallest absolute Gasteiger partial charge is 0.191 e. The second-order valence-corrected chi connectivity index (χ2v) is 8.45. The van der Waals surface area contributed by atoms with Gasteiger partial charge in [0, 0.05) is 43.3 Å². The monoisotopic (exact) mass is 518 g/mol. The van der Waals surface area contributed by atoms with Crippen LogP contribution in [0, 0.1) is 12.8 Å². The van der Waals surface area contributed by atoms with Crippen molar-refractivity contribution in [2.45, 2.75) is 53.1 Å². The van der Waals surface area contributed by atoms with Crippen molar-refractivity contribution in [2.24, 2.45) is 10.9 Å². The van der Waals surface area contributed by atoms with Gasteiger partial charge >= 0.3 is 0 Å². The lowest BCUT2D eigenvalue weighted by Gasteiger charge is -2.21. The van der Waals surface area contributed by atoms with E-state index in [-0.39, 0.29) is 29.5 Å². The van der Waals surface area contributed by atoms with E-state index in [1.807, 2.05) is 0 Å². The molecule has 1 aliphatic heterocycles. The summed E-state index contributed by atoms with van der Waals surface area (Å²) in [5, 5.41) is 10.2. The molecule has 7 heteroatoms. The topological polar surface area (TPSA) is 66.9 Å². The molecule has 0 aliphatic carbocycles. The number of hydrogen-bond donors (Lipinski definition) is 3. The normalized spacial score (nSPS) is 17.0. The molecule has 29 heavy (non-hydrogen) atoms. The predicted molar refractivity (Wildman–Crippen MR) is 132 cm³/mol. The first-order valence-electron chi connectivity index (χ1n) is 10.4. The van der Waals surface area contributed by atoms with Crippen LogP contribution >= 0.6 is 24.0 Å². The molecule has 1 aromatic carbocycles. The van der Waals surface area contributed by atoms with Crippen LogP contribution in [0.5, 0.6) is 5.75 Å². The first kappa shape index (κ1) is 26.0. The number of rotatable bonds is 9. The molecule has 0 amide bonds. The van der Waals surface area contributed by atoms with E-state index in [4.69, 9.17) is 14.5 Å². The van der Waals surface area contributed by atoms with E-state index in [2.05, 4.69) is 68.8 Å². The van der Waals surface area contributed by atoms with Crippen molar-refractivity contribution in [1.82, 2.24) is 16.0 Å². The molecule has 1 atom stereocenters. The molecular formula is C22H39IN4O2. The molecule has 1 aliphatic rings. The Hall–Kier alpha value is -1.06. The van der Waals surface area contributed by atoms with Crippen LogP contribution in [0.2, 0.25) is 0 Å². The van der Waals surface area contributed by atoms with Crippen molar-refractivity contribution < 1.29 is 9.47 Å². The van der Waals surface area contributed by atoms with Gasteiger partial charge in [0.2, 0.25) is 0 Å². The minimum Gasteiger partial charge on any atom is -0.493 e. The zero-order valence-electron chi connectivity index (χ0n) is 18.6. The maximum Gasteiger partial charge on any atom is 0.191 e. The molecule has 0 bridgehead atoms. The van der Waals surface area contributed by atoms with Gasteiger partial charge in [0.25, 0.3) is 0 Å². The highest BCUT2D eigenvalue weighted by molar-refractivity contribution is 14.0. The number of aryl methyl sites for hydroxylation is 1. The van der Waals surface area contributed by atoms with E-state index in [1.54, 1.807) is 0 Å². The second kappa shape index (κ2) is 13.3. The van der Waals surface area contributed by atoms with E-state index in [0.29, 0.717) is 19.1 Å². The van der Waals surface area contributed by atoms with Crippen LogP contribution in [0.15, 0.2) is 23.2 Å². The first-order valence-corrected chi connectivity index (χ1v) is 10.4. The lowest BCUT2D eigenvalue weighted by molar-refractivity contribution is 0.166. The van der Waals surface area contributed by atoms with Crippen molar-refractivity contribution in [3.8, 4) is 5.75 Å². The fourth-order valence-corrected chi connectivity index (χ4v) is 2.97. The Morgan fingerprint density at radius 1 is 1.24 bits per heavy atom. The summed E-state index contributed by atoms with van der Waals surface area (Å²) >= 11 is 0. The van der Waals surface area contributed by atoms with E-state index in [0.717, 1.165) is 56.5 Å². The Morgan fingerprint density at radius 3 is 2.69 bits per heavy atom. The van der Waals surface area contributed by atoms with Crippen molar-refractivity contribution in [1.29, 1.82) is 0 Å². The first-order chi connectivity index (χ1) is 13.4. The largest absolute Gasteiger partial charge is 0.493 e. The quantitative estimate of drug-likeness (QED) is 0.202. The summed E-state index contributed by atoms with van der Waals surface area (Å²) < 4.78 is 11.6. The van der Waals surface area contributed by atoms with Gasteiger partial charge in [-0.15, -0.1) is 24.0 Å². The molecule has 0 saturated carbocycles. The summed E-state index contributed by atoms with van der Waals surface area (Å²) in [5.74, 6) is 2.25. The third-order valence-electron chi connectivity index (χ3n) is 4.55. The molecule has 1 unspecified atom stereocenters. The maximum atomic E-state index is 6.13. The molecule has 3 N–H and O–H groups in total.